The average Bonchev–Trinajstić information content (AvgIpc) is 3.34. The third kappa shape index (κ3) is 18.0. The molecule has 6 aromatic carbocycles. The molecule has 0 amide bonds. The molecule has 0 saturated carbocycles. The minimum absolute atomic E-state index is 0.0295. The van der Waals surface area contributed by atoms with E-state index < -0.39 is 43.3 Å². The summed E-state index contributed by atoms with van der Waals surface area (Å²) >= 11 is 13.9. The molecule has 6 aromatic rings. The Morgan fingerprint density at radius 1 is 0.629 bits per heavy atom. The third-order valence-corrected chi connectivity index (χ3v) is 12.4. The number of nitrogens with one attached hydrogen (secondary N) is 2. The number of nitrogens with two attached hydrogens (primary N) is 2. The standard InChI is InChI=1S/C29H20Cl2N4O7S2.C13H7Cl2NO3S.C3H10N2O/c30-26-3-1-5-28(24(26)15-32)39-20-7-9-22(10-8-20)41-44(38)35-18-19(36)17-34-42-43(37)23-13-11-21(12-14-23)40-29-6-2-4-27(31)25(29)16-33;14-12-2-1-3-13(11(12)8-16)19-9-4-6-10(7-5-9)20(15,17)18;4-1-3(6)2-5/h1-14,34-35H,17-18H2;1-7H;3,6H,1-2,4-5H2. The number of halogens is 4. The van der Waals surface area contributed by atoms with Crippen LogP contribution in [0.3, 0.4) is 0 Å². The predicted molar refractivity (Wildman–Crippen MR) is 262 cm³/mol. The van der Waals surface area contributed by atoms with Gasteiger partial charge in [0.2, 0.25) is 11.1 Å². The van der Waals surface area contributed by atoms with Crippen LogP contribution < -0.4 is 40.1 Å². The molecule has 0 saturated heterocycles. The molecule has 2 atom stereocenters. The van der Waals surface area contributed by atoms with Crippen LogP contribution >= 0.6 is 45.5 Å². The van der Waals surface area contributed by atoms with E-state index in [1.807, 2.05) is 18.2 Å². The number of nitriles is 3. The van der Waals surface area contributed by atoms with E-state index in [0.29, 0.717) is 23.0 Å². The minimum atomic E-state index is -3.77. The van der Waals surface area contributed by atoms with Crippen molar-refractivity contribution in [2.24, 2.45) is 11.5 Å². The number of ether oxygens (including phenoxy) is 3. The lowest BCUT2D eigenvalue weighted by molar-refractivity contribution is -0.118. The summed E-state index contributed by atoms with van der Waals surface area (Å²) in [6.07, 6.45) is -0.509. The average molecular weight is 1090 g/mol. The molecule has 25 heteroatoms. The van der Waals surface area contributed by atoms with Gasteiger partial charge in [-0.15, -0.1) is 0 Å². The molecule has 0 radical (unpaired) electrons. The maximum Gasteiger partial charge on any atom is 0.288 e. The first-order chi connectivity index (χ1) is 33.5. The molecule has 70 heavy (non-hydrogen) atoms. The Labute approximate surface area is 426 Å². The molecule has 0 aromatic heterocycles. The van der Waals surface area contributed by atoms with Crippen LogP contribution in [-0.2, 0) is 40.5 Å². The first-order valence-corrected chi connectivity index (χ1v) is 25.2. The van der Waals surface area contributed by atoms with E-state index >= 15 is 0 Å². The Balaban J connectivity index is 0.000000337. The SMILES string of the molecule is N#Cc1c(Cl)cccc1Oc1ccc(OS(=O)NCC(=O)CNOS(=O)c2ccc(Oc3cccc(Cl)c3C#N)cc2)cc1.N#Cc1c(Cl)cccc1Oc1ccc(S(=O)(=O)Cl)cc1.NCC(O)CN. The van der Waals surface area contributed by atoms with E-state index in [1.54, 1.807) is 66.7 Å². The molecule has 2 unspecified atom stereocenters. The van der Waals surface area contributed by atoms with Crippen molar-refractivity contribution in [1.29, 1.82) is 15.8 Å². The van der Waals surface area contributed by atoms with E-state index in [1.165, 1.54) is 60.7 Å². The number of nitrogens with zero attached hydrogens (tertiary/aromatic N) is 3. The molecule has 0 aliphatic rings. The van der Waals surface area contributed by atoms with Crippen molar-refractivity contribution < 1.29 is 49.4 Å². The maximum atomic E-state index is 12.4. The molecule has 0 spiro atoms. The highest BCUT2D eigenvalue weighted by molar-refractivity contribution is 8.13. The number of hydrogen-bond acceptors (Lipinski definition) is 17. The highest BCUT2D eigenvalue weighted by atomic mass is 35.7. The number of aliphatic hydroxyl groups is 1. The summed E-state index contributed by atoms with van der Waals surface area (Å²) < 4.78 is 76.3. The lowest BCUT2D eigenvalue weighted by atomic mass is 10.2. The van der Waals surface area contributed by atoms with Gasteiger partial charge < -0.3 is 35.0 Å². The van der Waals surface area contributed by atoms with Crippen molar-refractivity contribution in [3.63, 3.8) is 0 Å². The van der Waals surface area contributed by atoms with Gasteiger partial charge >= 0.3 is 0 Å². The van der Waals surface area contributed by atoms with Crippen molar-refractivity contribution >= 4 is 82.7 Å². The topological polar surface area (TPSA) is 299 Å². The lowest BCUT2D eigenvalue weighted by Gasteiger charge is -2.10. The van der Waals surface area contributed by atoms with Crippen molar-refractivity contribution in [3.8, 4) is 58.5 Å². The largest absolute Gasteiger partial charge is 0.456 e. The summed E-state index contributed by atoms with van der Waals surface area (Å²) in [5, 5.41) is 36.8. The summed E-state index contributed by atoms with van der Waals surface area (Å²) in [6, 6.07) is 38.0. The molecule has 0 aliphatic carbocycles. The van der Waals surface area contributed by atoms with E-state index in [2.05, 4.69) is 10.2 Å². The van der Waals surface area contributed by atoms with Crippen molar-refractivity contribution in [3.05, 3.63) is 159 Å². The summed E-state index contributed by atoms with van der Waals surface area (Å²) in [5.41, 5.74) is 12.8. The number of hydrogen-bond donors (Lipinski definition) is 5. The van der Waals surface area contributed by atoms with Gasteiger partial charge in [-0.2, -0.15) is 34.5 Å². The molecule has 6 rings (SSSR count). The normalized spacial score (nSPS) is 11.4. The first kappa shape index (κ1) is 56.4. The predicted octanol–water partition coefficient (Wildman–Crippen LogP) is 7.88. The van der Waals surface area contributed by atoms with Crippen LogP contribution in [0.1, 0.15) is 16.7 Å². The smallest absolute Gasteiger partial charge is 0.288 e. The number of ketones is 1. The third-order valence-electron chi connectivity index (χ3n) is 8.40. The fourth-order valence-electron chi connectivity index (χ4n) is 4.95. The van der Waals surface area contributed by atoms with Crippen LogP contribution in [0.25, 0.3) is 0 Å². The second-order valence-electron chi connectivity index (χ2n) is 13.3. The molecule has 0 bridgehead atoms. The van der Waals surface area contributed by atoms with Gasteiger partial charge in [-0.25, -0.2) is 12.6 Å². The second-order valence-corrected chi connectivity index (χ2v) is 19.1. The number of rotatable bonds is 19. The van der Waals surface area contributed by atoms with Gasteiger partial charge in [-0.05, 0) is 109 Å². The summed E-state index contributed by atoms with van der Waals surface area (Å²) in [6.45, 7) is -0.140. The lowest BCUT2D eigenvalue weighted by Crippen LogP contribution is -2.34. The minimum Gasteiger partial charge on any atom is -0.456 e. The highest BCUT2D eigenvalue weighted by Gasteiger charge is 2.15. The Hall–Kier alpha value is -6.17. The first-order valence-electron chi connectivity index (χ1n) is 19.6. The summed E-state index contributed by atoms with van der Waals surface area (Å²) in [7, 11) is 1.44. The van der Waals surface area contributed by atoms with Crippen LogP contribution in [0.15, 0.2) is 137 Å². The molecule has 7 N–H and O–H groups in total. The Kier molecular flexibility index (Phi) is 23.0. The van der Waals surface area contributed by atoms with Gasteiger partial charge in [-0.3, -0.25) is 4.79 Å². The van der Waals surface area contributed by atoms with Gasteiger partial charge in [0, 0.05) is 23.8 Å². The van der Waals surface area contributed by atoms with Gasteiger partial charge in [-0.1, -0.05) is 53.0 Å². The molecule has 364 valence electrons. The monoisotopic (exact) mass is 1090 g/mol. The summed E-state index contributed by atoms with van der Waals surface area (Å²) in [4.78, 5) is 12.4. The number of Topliss-reactive ketones (excluding diaryl/α,β-unsaturated/α-hetero) is 1. The fourth-order valence-corrected chi connectivity index (χ4v) is 7.59. The molecular weight excluding hydrogens is 1050 g/mol. The fraction of sp³-hybridized carbons (Fsp3) is 0.111. The summed E-state index contributed by atoms with van der Waals surface area (Å²) in [5.74, 6) is 1.78. The quantitative estimate of drug-likeness (QED) is 0.0380. The second kappa shape index (κ2) is 28.5. The number of hydroxylamine groups is 1. The molecular formula is C45H37Cl4N7O11S3. The van der Waals surface area contributed by atoms with Gasteiger partial charge in [0.1, 0.15) is 75.1 Å². The van der Waals surface area contributed by atoms with Crippen molar-refractivity contribution in [1.82, 2.24) is 10.2 Å². The van der Waals surface area contributed by atoms with Gasteiger partial charge in [0.25, 0.3) is 20.3 Å². The highest BCUT2D eigenvalue weighted by Crippen LogP contribution is 2.33. The van der Waals surface area contributed by atoms with Gasteiger partial charge in [0.05, 0.1) is 44.1 Å². The molecule has 18 nitrogen and oxygen atoms in total. The maximum absolute atomic E-state index is 12.4. The van der Waals surface area contributed by atoms with Crippen LogP contribution in [0, 0.1) is 34.0 Å². The Bertz CT molecular complexity index is 3030. The van der Waals surface area contributed by atoms with Crippen LogP contribution in [0.4, 0.5) is 0 Å². The van der Waals surface area contributed by atoms with E-state index in [-0.39, 0.29) is 85.0 Å². The number of carbonyl (C=O) groups is 1. The van der Waals surface area contributed by atoms with Crippen molar-refractivity contribution in [2.45, 2.75) is 15.9 Å². The van der Waals surface area contributed by atoms with Crippen LogP contribution in [0.2, 0.25) is 15.1 Å². The Morgan fingerprint density at radius 2 is 1.01 bits per heavy atom. The zero-order chi connectivity index (χ0) is 51.2. The van der Waals surface area contributed by atoms with Crippen LogP contribution in [0.5, 0.6) is 40.2 Å². The molecule has 0 aliphatic heterocycles. The van der Waals surface area contributed by atoms with Crippen molar-refractivity contribution in [2.75, 3.05) is 26.2 Å². The number of carbonyl (C=O) groups excluding carboxylic acids is 1. The van der Waals surface area contributed by atoms with E-state index in [9.17, 15) is 32.2 Å². The van der Waals surface area contributed by atoms with Crippen LogP contribution in [-0.4, -0.2) is 60.0 Å². The van der Waals surface area contributed by atoms with E-state index in [4.69, 9.17) is 90.0 Å². The zero-order valence-corrected chi connectivity index (χ0v) is 41.3. The zero-order valence-electron chi connectivity index (χ0n) is 35.8. The molecule has 0 fully saturated rings. The number of aliphatic hydroxyl groups excluding tert-OH is 1. The number of benzene rings is 6. The Morgan fingerprint density at radius 3 is 1.39 bits per heavy atom. The van der Waals surface area contributed by atoms with Gasteiger partial charge in [0.15, 0.2) is 5.78 Å². The van der Waals surface area contributed by atoms with E-state index in [0.717, 1.165) is 0 Å². The molecule has 0 heterocycles.